The number of carbonyl (C=O) groups excluding carboxylic acids is 1. The molecule has 0 bridgehead atoms. The molecule has 0 radical (unpaired) electrons. The Morgan fingerprint density at radius 1 is 0.900 bits per heavy atom. The zero-order chi connectivity index (χ0) is 20.8. The third-order valence-electron chi connectivity index (χ3n) is 4.08. The van der Waals surface area contributed by atoms with Crippen molar-refractivity contribution in [3.05, 3.63) is 83.9 Å². The lowest BCUT2D eigenvalue weighted by Crippen LogP contribution is -2.15. The van der Waals surface area contributed by atoms with Crippen LogP contribution in [-0.4, -0.2) is 21.9 Å². The Labute approximate surface area is 182 Å². The van der Waals surface area contributed by atoms with E-state index in [9.17, 15) is 4.79 Å². The first-order valence-corrected chi connectivity index (χ1v) is 10.5. The van der Waals surface area contributed by atoms with Gasteiger partial charge in [-0.25, -0.2) is 0 Å². The number of carbonyl (C=O) groups is 1. The van der Waals surface area contributed by atoms with Gasteiger partial charge in [-0.05, 0) is 48.5 Å². The van der Waals surface area contributed by atoms with Crippen molar-refractivity contribution in [1.29, 1.82) is 0 Å². The Bertz CT molecular complexity index is 1130. The van der Waals surface area contributed by atoms with Gasteiger partial charge in [-0.2, -0.15) is 0 Å². The normalized spacial score (nSPS) is 10.6. The summed E-state index contributed by atoms with van der Waals surface area (Å²) in [4.78, 5) is 12.4. The number of anilines is 3. The van der Waals surface area contributed by atoms with E-state index in [-0.39, 0.29) is 11.7 Å². The van der Waals surface area contributed by atoms with Crippen molar-refractivity contribution >= 4 is 46.3 Å². The minimum atomic E-state index is -0.173. The molecule has 0 atom stereocenters. The van der Waals surface area contributed by atoms with Crippen molar-refractivity contribution in [2.24, 2.45) is 0 Å². The molecule has 0 aliphatic heterocycles. The lowest BCUT2D eigenvalue weighted by atomic mass is 10.2. The number of amides is 1. The van der Waals surface area contributed by atoms with Gasteiger partial charge in [0, 0.05) is 16.3 Å². The maximum atomic E-state index is 12.4. The number of aromatic nitrogens is 2. The van der Waals surface area contributed by atoms with Gasteiger partial charge in [-0.1, -0.05) is 53.7 Å². The lowest BCUT2D eigenvalue weighted by molar-refractivity contribution is -0.113. The lowest BCUT2D eigenvalue weighted by Gasteiger charge is -2.12. The molecule has 1 heterocycles. The molecule has 1 aromatic heterocycles. The highest BCUT2D eigenvalue weighted by molar-refractivity contribution is 7.99. The van der Waals surface area contributed by atoms with E-state index in [0.29, 0.717) is 21.8 Å². The SMILES string of the molecule is O=C(CSc1nnc(-c2ccc(Cl)cc2)o1)Nc1ccccc1Nc1ccccc1. The number of para-hydroxylation sites is 3. The summed E-state index contributed by atoms with van der Waals surface area (Å²) in [5.41, 5.74) is 3.21. The van der Waals surface area contributed by atoms with Gasteiger partial charge in [-0.15, -0.1) is 10.2 Å². The highest BCUT2D eigenvalue weighted by Gasteiger charge is 2.12. The molecule has 8 heteroatoms. The van der Waals surface area contributed by atoms with Crippen LogP contribution in [0.25, 0.3) is 11.5 Å². The highest BCUT2D eigenvalue weighted by Crippen LogP contribution is 2.27. The molecule has 0 saturated carbocycles. The number of nitrogens with zero attached hydrogens (tertiary/aromatic N) is 2. The van der Waals surface area contributed by atoms with Gasteiger partial charge in [0.1, 0.15) is 0 Å². The predicted molar refractivity (Wildman–Crippen MR) is 120 cm³/mol. The molecular weight excluding hydrogens is 420 g/mol. The molecule has 0 spiro atoms. The average molecular weight is 437 g/mol. The van der Waals surface area contributed by atoms with E-state index >= 15 is 0 Å². The number of hydrogen-bond donors (Lipinski definition) is 2. The van der Waals surface area contributed by atoms with Crippen LogP contribution in [0.1, 0.15) is 0 Å². The molecular formula is C22H17ClN4O2S. The van der Waals surface area contributed by atoms with E-state index in [1.807, 2.05) is 54.6 Å². The monoisotopic (exact) mass is 436 g/mol. The van der Waals surface area contributed by atoms with Crippen molar-refractivity contribution in [1.82, 2.24) is 10.2 Å². The summed E-state index contributed by atoms with van der Waals surface area (Å²) in [6.45, 7) is 0. The summed E-state index contributed by atoms with van der Waals surface area (Å²) >= 11 is 7.07. The van der Waals surface area contributed by atoms with Crippen molar-refractivity contribution in [3.8, 4) is 11.5 Å². The molecule has 150 valence electrons. The summed E-state index contributed by atoms with van der Waals surface area (Å²) < 4.78 is 5.62. The Kier molecular flexibility index (Phi) is 6.32. The first kappa shape index (κ1) is 20.0. The van der Waals surface area contributed by atoms with Gasteiger partial charge in [0.2, 0.25) is 11.8 Å². The van der Waals surface area contributed by atoms with Gasteiger partial charge in [0.25, 0.3) is 5.22 Å². The van der Waals surface area contributed by atoms with Crippen LogP contribution < -0.4 is 10.6 Å². The number of rotatable bonds is 7. The molecule has 1 amide bonds. The summed E-state index contributed by atoms with van der Waals surface area (Å²) in [6.07, 6.45) is 0. The standard InChI is InChI=1S/C22H17ClN4O2S/c23-16-12-10-15(11-13-16)21-26-27-22(29-21)30-14-20(28)25-19-9-5-4-8-18(19)24-17-6-2-1-3-7-17/h1-13,24H,14H2,(H,25,28). The minimum absolute atomic E-state index is 0.141. The molecule has 4 rings (SSSR count). The van der Waals surface area contributed by atoms with Gasteiger partial charge in [-0.3, -0.25) is 4.79 Å². The fourth-order valence-electron chi connectivity index (χ4n) is 2.67. The van der Waals surface area contributed by atoms with E-state index in [4.69, 9.17) is 16.0 Å². The molecule has 4 aromatic rings. The van der Waals surface area contributed by atoms with Crippen molar-refractivity contribution in [2.75, 3.05) is 16.4 Å². The molecule has 2 N–H and O–H groups in total. The third-order valence-corrected chi connectivity index (χ3v) is 5.15. The number of nitrogens with one attached hydrogen (secondary N) is 2. The summed E-state index contributed by atoms with van der Waals surface area (Å²) in [7, 11) is 0. The maximum absolute atomic E-state index is 12.4. The van der Waals surface area contributed by atoms with Crippen LogP contribution in [0.4, 0.5) is 17.1 Å². The molecule has 6 nitrogen and oxygen atoms in total. The maximum Gasteiger partial charge on any atom is 0.277 e. The second-order valence-electron chi connectivity index (χ2n) is 6.25. The van der Waals surface area contributed by atoms with Crippen LogP contribution in [0, 0.1) is 0 Å². The number of hydrogen-bond acceptors (Lipinski definition) is 6. The Hall–Kier alpha value is -3.29. The van der Waals surface area contributed by atoms with Crippen LogP contribution in [0.3, 0.4) is 0 Å². The molecule has 0 fully saturated rings. The van der Waals surface area contributed by atoms with E-state index in [2.05, 4.69) is 20.8 Å². The molecule has 0 aliphatic rings. The summed E-state index contributed by atoms with van der Waals surface area (Å²) in [5, 5.41) is 15.2. The van der Waals surface area contributed by atoms with Crippen LogP contribution in [0.5, 0.6) is 0 Å². The summed E-state index contributed by atoms with van der Waals surface area (Å²) in [5.74, 6) is 0.350. The van der Waals surface area contributed by atoms with Gasteiger partial charge in [0.15, 0.2) is 0 Å². The van der Waals surface area contributed by atoms with E-state index in [1.165, 1.54) is 11.8 Å². The van der Waals surface area contributed by atoms with E-state index in [0.717, 1.165) is 16.9 Å². The third kappa shape index (κ3) is 5.20. The highest BCUT2D eigenvalue weighted by atomic mass is 35.5. The van der Waals surface area contributed by atoms with Crippen LogP contribution in [-0.2, 0) is 4.79 Å². The first-order valence-electron chi connectivity index (χ1n) is 9.10. The second kappa shape index (κ2) is 9.47. The van der Waals surface area contributed by atoms with E-state index < -0.39 is 0 Å². The first-order chi connectivity index (χ1) is 14.7. The smallest absolute Gasteiger partial charge is 0.277 e. The Balaban J connectivity index is 1.36. The van der Waals surface area contributed by atoms with E-state index in [1.54, 1.807) is 24.3 Å². The topological polar surface area (TPSA) is 80.0 Å². The zero-order valence-corrected chi connectivity index (χ0v) is 17.3. The Morgan fingerprint density at radius 3 is 2.37 bits per heavy atom. The largest absolute Gasteiger partial charge is 0.411 e. The minimum Gasteiger partial charge on any atom is -0.411 e. The molecule has 0 unspecified atom stereocenters. The number of thioether (sulfide) groups is 1. The average Bonchev–Trinajstić information content (AvgIpc) is 3.24. The van der Waals surface area contributed by atoms with Gasteiger partial charge < -0.3 is 15.1 Å². The predicted octanol–water partition coefficient (Wildman–Crippen LogP) is 5.86. The van der Waals surface area contributed by atoms with Crippen molar-refractivity contribution < 1.29 is 9.21 Å². The number of benzene rings is 3. The molecule has 0 saturated heterocycles. The van der Waals surface area contributed by atoms with Gasteiger partial charge >= 0.3 is 0 Å². The van der Waals surface area contributed by atoms with Crippen molar-refractivity contribution in [3.63, 3.8) is 0 Å². The fraction of sp³-hybridized carbons (Fsp3) is 0.0455. The van der Waals surface area contributed by atoms with Crippen LogP contribution in [0.15, 0.2) is 88.5 Å². The molecule has 3 aromatic carbocycles. The molecule has 30 heavy (non-hydrogen) atoms. The zero-order valence-electron chi connectivity index (χ0n) is 15.7. The van der Waals surface area contributed by atoms with Crippen LogP contribution in [0.2, 0.25) is 5.02 Å². The second-order valence-corrected chi connectivity index (χ2v) is 7.62. The fourth-order valence-corrected chi connectivity index (χ4v) is 3.36. The Morgan fingerprint density at radius 2 is 1.60 bits per heavy atom. The quantitative estimate of drug-likeness (QED) is 0.353. The summed E-state index contributed by atoms with van der Waals surface area (Å²) in [6, 6.07) is 24.4. The number of halogens is 1. The van der Waals surface area contributed by atoms with Gasteiger partial charge in [0.05, 0.1) is 17.1 Å². The molecule has 0 aliphatic carbocycles. The van der Waals surface area contributed by atoms with Crippen LogP contribution >= 0.6 is 23.4 Å². The van der Waals surface area contributed by atoms with Crippen molar-refractivity contribution in [2.45, 2.75) is 5.22 Å².